The Hall–Kier alpha value is -2.76. The number of benzene rings is 1. The zero-order valence-electron chi connectivity index (χ0n) is 15.6. The summed E-state index contributed by atoms with van der Waals surface area (Å²) in [4.78, 5) is 17.0. The molecule has 0 fully saturated rings. The zero-order valence-corrected chi connectivity index (χ0v) is 15.6. The number of para-hydroxylation sites is 1. The first-order chi connectivity index (χ1) is 12.5. The van der Waals surface area contributed by atoms with E-state index in [1.807, 2.05) is 38.1 Å². The fourth-order valence-electron chi connectivity index (χ4n) is 3.26. The predicted octanol–water partition coefficient (Wildman–Crippen LogP) is 2.58. The average molecular weight is 356 g/mol. The second-order valence-electron chi connectivity index (χ2n) is 6.45. The molecule has 2 heterocycles. The Morgan fingerprint density at radius 1 is 1.31 bits per heavy atom. The van der Waals surface area contributed by atoms with E-state index in [9.17, 15) is 4.79 Å². The second-order valence-corrected chi connectivity index (χ2v) is 6.45. The van der Waals surface area contributed by atoms with Gasteiger partial charge in [-0.1, -0.05) is 12.1 Å². The lowest BCUT2D eigenvalue weighted by Gasteiger charge is -2.26. The van der Waals surface area contributed by atoms with Gasteiger partial charge in [-0.15, -0.1) is 0 Å². The van der Waals surface area contributed by atoms with Crippen molar-refractivity contribution in [3.05, 3.63) is 46.6 Å². The van der Waals surface area contributed by atoms with Crippen molar-refractivity contribution >= 4 is 5.91 Å². The van der Waals surface area contributed by atoms with Crippen LogP contribution in [0, 0.1) is 19.8 Å². The molecule has 1 amide bonds. The standard InChI is InChI=1S/C20H24N2O4/c1-12-8-13(2)22-20(25-4)16(12)10-21-19(23)15-9-14-6-5-7-17(24-3)18(14)26-11-15/h5-8,15H,9-11H2,1-4H3,(H,21,23). The van der Waals surface area contributed by atoms with Crippen LogP contribution in [0.1, 0.15) is 22.4 Å². The van der Waals surface area contributed by atoms with Crippen molar-refractivity contribution < 1.29 is 19.0 Å². The average Bonchev–Trinajstić information content (AvgIpc) is 2.65. The minimum absolute atomic E-state index is 0.0412. The summed E-state index contributed by atoms with van der Waals surface area (Å²) in [6.45, 7) is 4.62. The third kappa shape index (κ3) is 3.59. The van der Waals surface area contributed by atoms with Crippen LogP contribution in [-0.2, 0) is 17.8 Å². The minimum Gasteiger partial charge on any atom is -0.493 e. The highest BCUT2D eigenvalue weighted by molar-refractivity contribution is 5.79. The van der Waals surface area contributed by atoms with E-state index in [-0.39, 0.29) is 11.8 Å². The highest BCUT2D eigenvalue weighted by Crippen LogP contribution is 2.36. The van der Waals surface area contributed by atoms with Gasteiger partial charge in [0.25, 0.3) is 0 Å². The van der Waals surface area contributed by atoms with E-state index >= 15 is 0 Å². The first-order valence-electron chi connectivity index (χ1n) is 8.61. The van der Waals surface area contributed by atoms with Gasteiger partial charge in [-0.05, 0) is 43.5 Å². The number of aromatic nitrogens is 1. The SMILES string of the molecule is COc1cccc2c1OCC(C(=O)NCc1c(C)cc(C)nc1OC)C2. The Kier molecular flexibility index (Phi) is 5.30. The van der Waals surface area contributed by atoms with Crippen molar-refractivity contribution in [2.45, 2.75) is 26.8 Å². The van der Waals surface area contributed by atoms with Crippen LogP contribution in [0.15, 0.2) is 24.3 Å². The van der Waals surface area contributed by atoms with Gasteiger partial charge in [-0.25, -0.2) is 4.98 Å². The summed E-state index contributed by atoms with van der Waals surface area (Å²) in [6, 6.07) is 7.72. The first-order valence-corrected chi connectivity index (χ1v) is 8.61. The zero-order chi connectivity index (χ0) is 18.7. The molecule has 6 heteroatoms. The van der Waals surface area contributed by atoms with E-state index in [4.69, 9.17) is 14.2 Å². The van der Waals surface area contributed by atoms with E-state index in [0.29, 0.717) is 31.2 Å². The van der Waals surface area contributed by atoms with Crippen LogP contribution < -0.4 is 19.5 Å². The highest BCUT2D eigenvalue weighted by Gasteiger charge is 2.28. The lowest BCUT2D eigenvalue weighted by atomic mass is 9.95. The molecule has 0 spiro atoms. The number of nitrogens with zero attached hydrogens (tertiary/aromatic N) is 1. The van der Waals surface area contributed by atoms with Gasteiger partial charge in [-0.2, -0.15) is 0 Å². The number of amides is 1. The van der Waals surface area contributed by atoms with E-state index < -0.39 is 0 Å². The molecule has 1 aromatic heterocycles. The molecular weight excluding hydrogens is 332 g/mol. The van der Waals surface area contributed by atoms with Crippen LogP contribution >= 0.6 is 0 Å². The Morgan fingerprint density at radius 3 is 2.85 bits per heavy atom. The molecule has 0 bridgehead atoms. The van der Waals surface area contributed by atoms with Crippen LogP contribution in [0.25, 0.3) is 0 Å². The van der Waals surface area contributed by atoms with Gasteiger partial charge in [0, 0.05) is 17.8 Å². The Balaban J connectivity index is 1.68. The Morgan fingerprint density at radius 2 is 2.12 bits per heavy atom. The molecule has 138 valence electrons. The molecule has 0 aliphatic carbocycles. The van der Waals surface area contributed by atoms with Gasteiger partial charge in [0.15, 0.2) is 11.5 Å². The van der Waals surface area contributed by atoms with Gasteiger partial charge in [0.1, 0.15) is 6.61 Å². The smallest absolute Gasteiger partial charge is 0.227 e. The van der Waals surface area contributed by atoms with Crippen LogP contribution in [0.5, 0.6) is 17.4 Å². The number of fused-ring (bicyclic) bond motifs is 1. The van der Waals surface area contributed by atoms with Crippen molar-refractivity contribution in [1.82, 2.24) is 10.3 Å². The number of pyridine rings is 1. The number of aryl methyl sites for hydroxylation is 2. The maximum absolute atomic E-state index is 12.6. The van der Waals surface area contributed by atoms with Gasteiger partial charge >= 0.3 is 0 Å². The summed E-state index contributed by atoms with van der Waals surface area (Å²) in [5.74, 6) is 1.71. The molecule has 1 unspecified atom stereocenters. The number of carbonyl (C=O) groups is 1. The molecule has 0 saturated heterocycles. The van der Waals surface area contributed by atoms with Gasteiger partial charge in [0.2, 0.25) is 11.8 Å². The number of ether oxygens (including phenoxy) is 3. The van der Waals surface area contributed by atoms with Gasteiger partial charge < -0.3 is 19.5 Å². The summed E-state index contributed by atoms with van der Waals surface area (Å²) in [5.41, 5.74) is 3.82. The summed E-state index contributed by atoms with van der Waals surface area (Å²) < 4.78 is 16.5. The second kappa shape index (κ2) is 7.64. The fraction of sp³-hybridized carbons (Fsp3) is 0.400. The molecule has 1 aliphatic heterocycles. The largest absolute Gasteiger partial charge is 0.493 e. The molecule has 3 rings (SSSR count). The predicted molar refractivity (Wildman–Crippen MR) is 97.8 cm³/mol. The van der Waals surface area contributed by atoms with E-state index in [0.717, 1.165) is 28.1 Å². The quantitative estimate of drug-likeness (QED) is 0.892. The van der Waals surface area contributed by atoms with Gasteiger partial charge in [-0.3, -0.25) is 4.79 Å². The third-order valence-corrected chi connectivity index (χ3v) is 4.62. The molecule has 1 aliphatic rings. The monoisotopic (exact) mass is 356 g/mol. The molecule has 1 N–H and O–H groups in total. The summed E-state index contributed by atoms with van der Waals surface area (Å²) in [5, 5.41) is 2.99. The fourth-order valence-corrected chi connectivity index (χ4v) is 3.26. The highest BCUT2D eigenvalue weighted by atomic mass is 16.5. The minimum atomic E-state index is -0.237. The number of hydrogen-bond acceptors (Lipinski definition) is 5. The molecule has 0 saturated carbocycles. The number of methoxy groups -OCH3 is 2. The molecule has 1 atom stereocenters. The van der Waals surface area contributed by atoms with Crippen LogP contribution in [0.2, 0.25) is 0 Å². The van der Waals surface area contributed by atoms with E-state index in [2.05, 4.69) is 10.3 Å². The van der Waals surface area contributed by atoms with Crippen molar-refractivity contribution in [2.24, 2.45) is 5.92 Å². The Bertz CT molecular complexity index is 820. The van der Waals surface area contributed by atoms with Crippen molar-refractivity contribution in [2.75, 3.05) is 20.8 Å². The number of nitrogens with one attached hydrogen (secondary N) is 1. The number of rotatable bonds is 5. The maximum Gasteiger partial charge on any atom is 0.227 e. The summed E-state index contributed by atoms with van der Waals surface area (Å²) in [7, 11) is 3.20. The normalized spacial score (nSPS) is 15.6. The molecular formula is C20H24N2O4. The van der Waals surface area contributed by atoms with E-state index in [1.165, 1.54) is 0 Å². The van der Waals surface area contributed by atoms with Crippen molar-refractivity contribution in [3.63, 3.8) is 0 Å². The lowest BCUT2D eigenvalue weighted by molar-refractivity contribution is -0.126. The molecule has 6 nitrogen and oxygen atoms in total. The van der Waals surface area contributed by atoms with Crippen LogP contribution in [-0.4, -0.2) is 31.7 Å². The number of hydrogen-bond donors (Lipinski definition) is 1. The molecule has 26 heavy (non-hydrogen) atoms. The van der Waals surface area contributed by atoms with Crippen LogP contribution in [0.3, 0.4) is 0 Å². The maximum atomic E-state index is 12.6. The van der Waals surface area contributed by atoms with Crippen molar-refractivity contribution in [1.29, 1.82) is 0 Å². The topological polar surface area (TPSA) is 69.7 Å². The third-order valence-electron chi connectivity index (χ3n) is 4.62. The van der Waals surface area contributed by atoms with Crippen molar-refractivity contribution in [3.8, 4) is 17.4 Å². The molecule has 0 radical (unpaired) electrons. The first kappa shape index (κ1) is 18.0. The Labute approximate surface area is 153 Å². The van der Waals surface area contributed by atoms with Crippen LogP contribution in [0.4, 0.5) is 0 Å². The summed E-state index contributed by atoms with van der Waals surface area (Å²) >= 11 is 0. The van der Waals surface area contributed by atoms with Gasteiger partial charge in [0.05, 0.1) is 20.1 Å². The summed E-state index contributed by atoms with van der Waals surface area (Å²) in [6.07, 6.45) is 0.626. The van der Waals surface area contributed by atoms with E-state index in [1.54, 1.807) is 14.2 Å². The number of carbonyl (C=O) groups excluding carboxylic acids is 1. The molecule has 2 aromatic rings. The lowest BCUT2D eigenvalue weighted by Crippen LogP contribution is -2.37. The molecule has 1 aromatic carbocycles.